The van der Waals surface area contributed by atoms with Gasteiger partial charge < -0.3 is 18.9 Å². The van der Waals surface area contributed by atoms with Gasteiger partial charge in [-0.3, -0.25) is 4.79 Å². The minimum absolute atomic E-state index is 0.362. The van der Waals surface area contributed by atoms with Gasteiger partial charge in [-0.25, -0.2) is 0 Å². The molecule has 0 radical (unpaired) electrons. The van der Waals surface area contributed by atoms with Crippen molar-refractivity contribution < 1.29 is 23.7 Å². The molecule has 0 fully saturated rings. The second-order valence-corrected chi connectivity index (χ2v) is 4.84. The Balaban J connectivity index is 2.52. The molecular weight excluding hydrogens is 296 g/mol. The molecule has 2 aromatic carbocycles. The van der Waals surface area contributed by atoms with Crippen molar-refractivity contribution in [2.45, 2.75) is 5.92 Å². The van der Waals surface area contributed by atoms with Gasteiger partial charge in [0.05, 0.1) is 28.4 Å². The first-order valence-corrected chi connectivity index (χ1v) is 7.08. The quantitative estimate of drug-likeness (QED) is 0.767. The predicted molar refractivity (Wildman–Crippen MR) is 86.4 cm³/mol. The number of carbonyl (C=O) groups excluding carboxylic acids is 1. The van der Waals surface area contributed by atoms with Crippen LogP contribution in [0.1, 0.15) is 17.0 Å². The standard InChI is InChI=1S/C18H20O5/c1-20-13-7-5-12(6-8-13)17(18(19)23-4)15-10-9-14(21-2)11-16(15)22-3/h5-11,17H,1-4H3. The lowest BCUT2D eigenvalue weighted by Gasteiger charge is -2.19. The van der Waals surface area contributed by atoms with Gasteiger partial charge in [-0.2, -0.15) is 0 Å². The molecular formula is C18H20O5. The maximum Gasteiger partial charge on any atom is 0.317 e. The highest BCUT2D eigenvalue weighted by Crippen LogP contribution is 2.35. The molecule has 122 valence electrons. The van der Waals surface area contributed by atoms with Crippen molar-refractivity contribution in [2.75, 3.05) is 28.4 Å². The first-order valence-electron chi connectivity index (χ1n) is 7.08. The lowest BCUT2D eigenvalue weighted by molar-refractivity contribution is -0.141. The lowest BCUT2D eigenvalue weighted by Crippen LogP contribution is -2.16. The number of carbonyl (C=O) groups is 1. The van der Waals surface area contributed by atoms with Crippen molar-refractivity contribution in [3.63, 3.8) is 0 Å². The zero-order valence-electron chi connectivity index (χ0n) is 13.7. The number of hydrogen-bond donors (Lipinski definition) is 0. The third-order valence-electron chi connectivity index (χ3n) is 3.64. The van der Waals surface area contributed by atoms with Crippen LogP contribution in [0, 0.1) is 0 Å². The summed E-state index contributed by atoms with van der Waals surface area (Å²) in [6.45, 7) is 0. The smallest absolute Gasteiger partial charge is 0.317 e. The maximum absolute atomic E-state index is 12.3. The summed E-state index contributed by atoms with van der Waals surface area (Å²) in [5.41, 5.74) is 1.51. The van der Waals surface area contributed by atoms with E-state index in [0.717, 1.165) is 11.3 Å². The van der Waals surface area contributed by atoms with Gasteiger partial charge in [-0.15, -0.1) is 0 Å². The minimum Gasteiger partial charge on any atom is -0.497 e. The summed E-state index contributed by atoms with van der Waals surface area (Å²) in [4.78, 5) is 12.3. The third-order valence-corrected chi connectivity index (χ3v) is 3.64. The van der Waals surface area contributed by atoms with Gasteiger partial charge in [0.1, 0.15) is 23.2 Å². The number of ether oxygens (including phenoxy) is 4. The molecule has 0 aliphatic heterocycles. The van der Waals surface area contributed by atoms with E-state index in [1.54, 1.807) is 45.6 Å². The Kier molecular flexibility index (Phi) is 5.46. The SMILES string of the molecule is COC(=O)C(c1ccc(OC)cc1)c1ccc(OC)cc1OC. The van der Waals surface area contributed by atoms with E-state index in [-0.39, 0.29) is 5.97 Å². The van der Waals surface area contributed by atoms with Crippen LogP contribution in [0.5, 0.6) is 17.2 Å². The van der Waals surface area contributed by atoms with E-state index in [4.69, 9.17) is 18.9 Å². The van der Waals surface area contributed by atoms with Gasteiger partial charge in [0.25, 0.3) is 0 Å². The van der Waals surface area contributed by atoms with E-state index in [9.17, 15) is 4.79 Å². The molecule has 0 aromatic heterocycles. The van der Waals surface area contributed by atoms with E-state index in [1.807, 2.05) is 18.2 Å². The molecule has 0 amide bonds. The van der Waals surface area contributed by atoms with Crippen LogP contribution >= 0.6 is 0 Å². The van der Waals surface area contributed by atoms with Crippen molar-refractivity contribution in [3.05, 3.63) is 53.6 Å². The Morgan fingerprint density at radius 1 is 0.826 bits per heavy atom. The van der Waals surface area contributed by atoms with Crippen LogP contribution in [-0.4, -0.2) is 34.4 Å². The fourth-order valence-corrected chi connectivity index (χ4v) is 2.41. The Bertz CT molecular complexity index is 664. The highest BCUT2D eigenvalue weighted by atomic mass is 16.5. The normalized spacial score (nSPS) is 11.5. The van der Waals surface area contributed by atoms with Gasteiger partial charge >= 0.3 is 5.97 Å². The maximum atomic E-state index is 12.3. The molecule has 2 aromatic rings. The molecule has 0 aliphatic carbocycles. The van der Waals surface area contributed by atoms with E-state index < -0.39 is 5.92 Å². The van der Waals surface area contributed by atoms with Gasteiger partial charge in [-0.1, -0.05) is 18.2 Å². The average molecular weight is 316 g/mol. The topological polar surface area (TPSA) is 54.0 Å². The lowest BCUT2D eigenvalue weighted by atomic mass is 9.90. The van der Waals surface area contributed by atoms with Crippen LogP contribution in [0.25, 0.3) is 0 Å². The van der Waals surface area contributed by atoms with Crippen LogP contribution in [0.15, 0.2) is 42.5 Å². The van der Waals surface area contributed by atoms with Gasteiger partial charge in [0, 0.05) is 11.6 Å². The number of hydrogen-bond acceptors (Lipinski definition) is 5. The van der Waals surface area contributed by atoms with Gasteiger partial charge in [0.2, 0.25) is 0 Å². The highest BCUT2D eigenvalue weighted by Gasteiger charge is 2.27. The summed E-state index contributed by atoms with van der Waals surface area (Å²) in [6.07, 6.45) is 0. The molecule has 2 rings (SSSR count). The van der Waals surface area contributed by atoms with E-state index >= 15 is 0 Å². The third kappa shape index (κ3) is 3.56. The summed E-state index contributed by atoms with van der Waals surface area (Å²) >= 11 is 0. The average Bonchev–Trinajstić information content (AvgIpc) is 2.62. The Hall–Kier alpha value is -2.69. The fourth-order valence-electron chi connectivity index (χ4n) is 2.41. The second kappa shape index (κ2) is 7.54. The van der Waals surface area contributed by atoms with Crippen molar-refractivity contribution in [1.29, 1.82) is 0 Å². The number of esters is 1. The Morgan fingerprint density at radius 2 is 1.43 bits per heavy atom. The molecule has 1 unspecified atom stereocenters. The minimum atomic E-state index is -0.591. The molecule has 5 heteroatoms. The highest BCUT2D eigenvalue weighted by molar-refractivity contribution is 5.83. The van der Waals surface area contributed by atoms with Crippen LogP contribution in [0.2, 0.25) is 0 Å². The zero-order chi connectivity index (χ0) is 16.8. The fraction of sp³-hybridized carbons (Fsp3) is 0.278. The molecule has 0 bridgehead atoms. The second-order valence-electron chi connectivity index (χ2n) is 4.84. The number of methoxy groups -OCH3 is 4. The van der Waals surface area contributed by atoms with Crippen LogP contribution in [0.4, 0.5) is 0 Å². The molecule has 0 aliphatic rings. The Morgan fingerprint density at radius 3 is 1.96 bits per heavy atom. The van der Waals surface area contributed by atoms with Crippen molar-refractivity contribution in [1.82, 2.24) is 0 Å². The van der Waals surface area contributed by atoms with Crippen LogP contribution in [-0.2, 0) is 9.53 Å². The molecule has 1 atom stereocenters. The largest absolute Gasteiger partial charge is 0.497 e. The summed E-state index contributed by atoms with van der Waals surface area (Å²) in [5.74, 6) is 0.990. The van der Waals surface area contributed by atoms with Crippen molar-refractivity contribution in [3.8, 4) is 17.2 Å². The molecule has 23 heavy (non-hydrogen) atoms. The zero-order valence-corrected chi connectivity index (χ0v) is 13.7. The van der Waals surface area contributed by atoms with Crippen LogP contribution in [0.3, 0.4) is 0 Å². The first-order chi connectivity index (χ1) is 11.1. The number of benzene rings is 2. The molecule has 0 saturated carbocycles. The molecule has 0 saturated heterocycles. The van der Waals surface area contributed by atoms with Gasteiger partial charge in [-0.05, 0) is 23.8 Å². The summed E-state index contributed by atoms with van der Waals surface area (Å²) in [5, 5.41) is 0. The van der Waals surface area contributed by atoms with E-state index in [0.29, 0.717) is 17.1 Å². The van der Waals surface area contributed by atoms with Crippen LogP contribution < -0.4 is 14.2 Å². The molecule has 0 spiro atoms. The molecule has 5 nitrogen and oxygen atoms in total. The number of rotatable bonds is 6. The summed E-state index contributed by atoms with van der Waals surface area (Å²) < 4.78 is 20.8. The monoisotopic (exact) mass is 316 g/mol. The predicted octanol–water partition coefficient (Wildman–Crippen LogP) is 3.02. The molecule has 0 N–H and O–H groups in total. The summed E-state index contributed by atoms with van der Waals surface area (Å²) in [6, 6.07) is 12.6. The van der Waals surface area contributed by atoms with E-state index in [2.05, 4.69) is 0 Å². The van der Waals surface area contributed by atoms with Crippen molar-refractivity contribution >= 4 is 5.97 Å². The van der Waals surface area contributed by atoms with Crippen molar-refractivity contribution in [2.24, 2.45) is 0 Å². The van der Waals surface area contributed by atoms with E-state index in [1.165, 1.54) is 7.11 Å². The Labute approximate surface area is 135 Å². The summed E-state index contributed by atoms with van der Waals surface area (Å²) in [7, 11) is 6.10. The van der Waals surface area contributed by atoms with Gasteiger partial charge in [0.15, 0.2) is 0 Å². The molecule has 0 heterocycles. The first kappa shape index (κ1) is 16.7.